The molecule has 0 bridgehead atoms. The zero-order valence-electron chi connectivity index (χ0n) is 13.3. The van der Waals surface area contributed by atoms with Gasteiger partial charge in [-0.2, -0.15) is 0 Å². The quantitative estimate of drug-likeness (QED) is 0.798. The Morgan fingerprint density at radius 3 is 2.43 bits per heavy atom. The monoisotopic (exact) mass is 293 g/mol. The van der Waals surface area contributed by atoms with Gasteiger partial charge in [0.2, 0.25) is 0 Å². The van der Waals surface area contributed by atoms with Gasteiger partial charge in [0.1, 0.15) is 5.82 Å². The molecule has 1 aromatic rings. The lowest BCUT2D eigenvalue weighted by Crippen LogP contribution is -2.52. The highest BCUT2D eigenvalue weighted by Crippen LogP contribution is 2.35. The van der Waals surface area contributed by atoms with E-state index in [-0.39, 0.29) is 17.5 Å². The van der Waals surface area contributed by atoms with Gasteiger partial charge in [0.05, 0.1) is 5.60 Å². The summed E-state index contributed by atoms with van der Waals surface area (Å²) in [4.78, 5) is 0. The fraction of sp³-hybridized carbons (Fsp3) is 0.667. The van der Waals surface area contributed by atoms with Crippen LogP contribution in [0.15, 0.2) is 24.3 Å². The molecule has 1 atom stereocenters. The van der Waals surface area contributed by atoms with Crippen LogP contribution < -0.4 is 5.32 Å². The molecule has 1 unspecified atom stereocenters. The van der Waals surface area contributed by atoms with E-state index in [0.717, 1.165) is 25.0 Å². The molecule has 0 saturated heterocycles. The maximum absolute atomic E-state index is 14.0. The van der Waals surface area contributed by atoms with Gasteiger partial charge in [0.25, 0.3) is 0 Å². The molecular weight excluding hydrogens is 265 g/mol. The highest BCUT2D eigenvalue weighted by atomic mass is 19.1. The fourth-order valence-electron chi connectivity index (χ4n) is 3.64. The first-order valence-electron chi connectivity index (χ1n) is 8.26. The minimum absolute atomic E-state index is 0.113. The van der Waals surface area contributed by atoms with Gasteiger partial charge in [-0.15, -0.1) is 0 Å². The normalized spacial score (nSPS) is 20.0. The number of halogens is 1. The van der Waals surface area contributed by atoms with Gasteiger partial charge >= 0.3 is 0 Å². The van der Waals surface area contributed by atoms with Crippen molar-refractivity contribution in [3.8, 4) is 0 Å². The summed E-state index contributed by atoms with van der Waals surface area (Å²) in [6.07, 6.45) is 7.80. The Balaban J connectivity index is 2.20. The van der Waals surface area contributed by atoms with Crippen LogP contribution in [0.25, 0.3) is 0 Å². The third kappa shape index (κ3) is 4.04. The van der Waals surface area contributed by atoms with E-state index in [4.69, 9.17) is 4.74 Å². The van der Waals surface area contributed by atoms with Gasteiger partial charge in [-0.25, -0.2) is 4.39 Å². The van der Waals surface area contributed by atoms with Crippen LogP contribution in [-0.4, -0.2) is 25.3 Å². The third-order valence-corrected chi connectivity index (χ3v) is 4.75. The summed E-state index contributed by atoms with van der Waals surface area (Å²) >= 11 is 0. The lowest BCUT2D eigenvalue weighted by atomic mass is 9.82. The van der Waals surface area contributed by atoms with Crippen molar-refractivity contribution < 1.29 is 9.13 Å². The average molecular weight is 293 g/mol. The molecule has 1 aliphatic carbocycles. The predicted octanol–water partition coefficient (Wildman–Crippen LogP) is 4.09. The van der Waals surface area contributed by atoms with Crippen LogP contribution in [0.2, 0.25) is 0 Å². The fourth-order valence-corrected chi connectivity index (χ4v) is 3.64. The zero-order chi connectivity index (χ0) is 15.1. The van der Waals surface area contributed by atoms with Gasteiger partial charge in [-0.05, 0) is 44.9 Å². The molecule has 0 aromatic heterocycles. The van der Waals surface area contributed by atoms with E-state index >= 15 is 0 Å². The summed E-state index contributed by atoms with van der Waals surface area (Å²) < 4.78 is 20.2. The molecule has 0 aliphatic heterocycles. The summed E-state index contributed by atoms with van der Waals surface area (Å²) in [5.74, 6) is -0.113. The Morgan fingerprint density at radius 1 is 1.19 bits per heavy atom. The second kappa shape index (κ2) is 7.90. The first-order valence-corrected chi connectivity index (χ1v) is 8.26. The van der Waals surface area contributed by atoms with E-state index in [1.54, 1.807) is 12.1 Å². The minimum atomic E-state index is -0.151. The highest BCUT2D eigenvalue weighted by molar-refractivity contribution is 5.19. The Morgan fingerprint density at radius 2 is 1.86 bits per heavy atom. The van der Waals surface area contributed by atoms with Crippen molar-refractivity contribution in [2.24, 2.45) is 0 Å². The number of hydrogen-bond acceptors (Lipinski definition) is 2. The molecule has 1 aliphatic rings. The van der Waals surface area contributed by atoms with Crippen LogP contribution in [0.3, 0.4) is 0 Å². The van der Waals surface area contributed by atoms with Crippen LogP contribution in [0.1, 0.15) is 51.0 Å². The third-order valence-electron chi connectivity index (χ3n) is 4.75. The SMILES string of the molecule is CCOC1(C(Cc2ccccc2F)NC)CCCCCC1. The van der Waals surface area contributed by atoms with Gasteiger partial charge in [-0.3, -0.25) is 0 Å². The van der Waals surface area contributed by atoms with Crippen LogP contribution in [0.4, 0.5) is 4.39 Å². The second-order valence-electron chi connectivity index (χ2n) is 6.05. The van der Waals surface area contributed by atoms with Crippen LogP contribution in [-0.2, 0) is 11.2 Å². The Kier molecular flexibility index (Phi) is 6.19. The first kappa shape index (κ1) is 16.4. The zero-order valence-corrected chi connectivity index (χ0v) is 13.3. The van der Waals surface area contributed by atoms with Crippen molar-refractivity contribution in [1.29, 1.82) is 0 Å². The molecular formula is C18H28FNO. The van der Waals surface area contributed by atoms with Gasteiger partial charge in [0.15, 0.2) is 0 Å². The van der Waals surface area contributed by atoms with Gasteiger partial charge < -0.3 is 10.1 Å². The molecule has 3 heteroatoms. The number of hydrogen-bond donors (Lipinski definition) is 1. The number of nitrogens with one attached hydrogen (secondary N) is 1. The Bertz CT molecular complexity index is 427. The van der Waals surface area contributed by atoms with Crippen LogP contribution in [0, 0.1) is 5.82 Å². The molecule has 1 N–H and O–H groups in total. The number of rotatable bonds is 6. The summed E-state index contributed by atoms with van der Waals surface area (Å²) in [7, 11) is 1.97. The summed E-state index contributed by atoms with van der Waals surface area (Å²) in [5.41, 5.74) is 0.627. The minimum Gasteiger partial charge on any atom is -0.374 e. The van der Waals surface area contributed by atoms with E-state index < -0.39 is 0 Å². The van der Waals surface area contributed by atoms with Crippen molar-refractivity contribution in [2.45, 2.75) is 63.5 Å². The van der Waals surface area contributed by atoms with Crippen molar-refractivity contribution in [1.82, 2.24) is 5.32 Å². The van der Waals surface area contributed by atoms with E-state index in [9.17, 15) is 4.39 Å². The summed E-state index contributed by atoms with van der Waals surface area (Å²) in [5, 5.41) is 3.41. The molecule has 21 heavy (non-hydrogen) atoms. The predicted molar refractivity (Wildman–Crippen MR) is 85.0 cm³/mol. The van der Waals surface area contributed by atoms with Crippen LogP contribution >= 0.6 is 0 Å². The van der Waals surface area contributed by atoms with Crippen LogP contribution in [0.5, 0.6) is 0 Å². The van der Waals surface area contributed by atoms with Crippen molar-refractivity contribution in [3.63, 3.8) is 0 Å². The number of ether oxygens (including phenoxy) is 1. The van der Waals surface area contributed by atoms with E-state index in [2.05, 4.69) is 12.2 Å². The molecule has 2 rings (SSSR count). The van der Waals surface area contributed by atoms with Gasteiger partial charge in [-0.1, -0.05) is 43.9 Å². The molecule has 1 aromatic carbocycles. The standard InChI is InChI=1S/C18H28FNO/c1-3-21-18(12-8-4-5-9-13-18)17(20-2)14-15-10-6-7-11-16(15)19/h6-7,10-11,17,20H,3-5,8-9,12-14H2,1-2H3. The van der Waals surface area contributed by atoms with Crippen molar-refractivity contribution >= 4 is 0 Å². The molecule has 1 saturated carbocycles. The lowest BCUT2D eigenvalue weighted by molar-refractivity contribution is -0.0753. The number of benzene rings is 1. The van der Waals surface area contributed by atoms with Crippen molar-refractivity contribution in [2.75, 3.05) is 13.7 Å². The van der Waals surface area contributed by atoms with E-state index in [1.165, 1.54) is 25.7 Å². The molecule has 0 radical (unpaired) electrons. The smallest absolute Gasteiger partial charge is 0.126 e. The highest BCUT2D eigenvalue weighted by Gasteiger charge is 2.39. The lowest BCUT2D eigenvalue weighted by Gasteiger charge is -2.40. The maximum Gasteiger partial charge on any atom is 0.126 e. The Hall–Kier alpha value is -0.930. The van der Waals surface area contributed by atoms with Gasteiger partial charge in [0, 0.05) is 12.6 Å². The maximum atomic E-state index is 14.0. The van der Waals surface area contributed by atoms with E-state index in [1.807, 2.05) is 19.2 Å². The summed E-state index contributed by atoms with van der Waals surface area (Å²) in [6, 6.07) is 7.24. The second-order valence-corrected chi connectivity index (χ2v) is 6.05. The molecule has 0 amide bonds. The Labute approximate surface area is 128 Å². The molecule has 0 heterocycles. The number of likely N-dealkylation sites (N-methyl/N-ethyl adjacent to an activating group) is 1. The van der Waals surface area contributed by atoms with Crippen molar-refractivity contribution in [3.05, 3.63) is 35.6 Å². The molecule has 0 spiro atoms. The molecule has 118 valence electrons. The molecule has 1 fully saturated rings. The topological polar surface area (TPSA) is 21.3 Å². The average Bonchev–Trinajstić information content (AvgIpc) is 2.73. The largest absolute Gasteiger partial charge is 0.374 e. The first-order chi connectivity index (χ1) is 10.2. The molecule has 2 nitrogen and oxygen atoms in total. The van der Waals surface area contributed by atoms with E-state index in [0.29, 0.717) is 6.42 Å². The summed E-state index contributed by atoms with van der Waals surface area (Å²) in [6.45, 7) is 2.78.